The fraction of sp³-hybridized carbons (Fsp3) is 0.500. The van der Waals surface area contributed by atoms with Gasteiger partial charge in [-0.25, -0.2) is 22.6 Å². The van der Waals surface area contributed by atoms with Crippen LogP contribution in [0.25, 0.3) is 5.69 Å². The number of alkyl halides is 2. The number of halogens is 3. The maximum Gasteiger partial charge on any atom is 0.527 e. The molecule has 1 aromatic heterocycles. The first-order valence-corrected chi connectivity index (χ1v) is 15.6. The lowest BCUT2D eigenvalue weighted by Crippen LogP contribution is -2.55. The average molecular weight is 712 g/mol. The first-order valence-electron chi connectivity index (χ1n) is 15.6. The van der Waals surface area contributed by atoms with E-state index in [0.717, 1.165) is 22.9 Å². The number of carboxylic acids is 1. The number of hydrogen-bond donors (Lipinski definition) is 3. The molecule has 4 rings (SSSR count). The standard InChI is InChI=1S/C30H36F3N7O10/c1-2-48-30(47)50-38-11-9-37(10-12-38)29(46)21(15-26(42)43)35-27(44)20-14-25(40(36-20)19-6-3-5-18(31)13-19)49-17-24(41)39-8-4-7-22(39)28(45)34-16-23(32)33/h3,5-6,13-14,21-23H,2,4,7-12,15-17H2,1H3,(H,34,45)(H,35,44)(H,42,43)/t21-,22-/m0/s1. The van der Waals surface area contributed by atoms with Crippen LogP contribution in [0.15, 0.2) is 30.3 Å². The van der Waals surface area contributed by atoms with Gasteiger partial charge in [0.2, 0.25) is 17.7 Å². The molecular formula is C30H36F3N7O10. The Bertz CT molecular complexity index is 1570. The Hall–Kier alpha value is -5.40. The minimum atomic E-state index is -2.77. The number of nitrogens with one attached hydrogen (secondary N) is 2. The van der Waals surface area contributed by atoms with E-state index in [4.69, 9.17) is 14.3 Å². The topological polar surface area (TPSA) is 202 Å². The number of amides is 4. The third-order valence-electron chi connectivity index (χ3n) is 7.61. The van der Waals surface area contributed by atoms with Gasteiger partial charge in [0, 0.05) is 25.7 Å². The second kappa shape index (κ2) is 17.3. The van der Waals surface area contributed by atoms with Crippen molar-refractivity contribution >= 4 is 35.8 Å². The quantitative estimate of drug-likeness (QED) is 0.231. The summed E-state index contributed by atoms with van der Waals surface area (Å²) in [4.78, 5) is 82.9. The Morgan fingerprint density at radius 1 is 1.06 bits per heavy atom. The summed E-state index contributed by atoms with van der Waals surface area (Å²) in [5.41, 5.74) is -0.295. The van der Waals surface area contributed by atoms with E-state index in [1.807, 2.05) is 0 Å². The molecule has 17 nitrogen and oxygen atoms in total. The van der Waals surface area contributed by atoms with Crippen LogP contribution >= 0.6 is 0 Å². The molecule has 3 heterocycles. The number of rotatable bonds is 14. The first-order chi connectivity index (χ1) is 23.9. The van der Waals surface area contributed by atoms with E-state index in [-0.39, 0.29) is 63.0 Å². The van der Waals surface area contributed by atoms with Gasteiger partial charge < -0.3 is 39.9 Å². The predicted octanol–water partition coefficient (Wildman–Crippen LogP) is 0.568. The monoisotopic (exact) mass is 711 g/mol. The summed E-state index contributed by atoms with van der Waals surface area (Å²) in [5, 5.41) is 19.4. The number of piperazine rings is 1. The lowest BCUT2D eigenvalue weighted by atomic mass is 10.1. The molecule has 50 heavy (non-hydrogen) atoms. The molecule has 0 spiro atoms. The van der Waals surface area contributed by atoms with E-state index in [0.29, 0.717) is 6.42 Å². The minimum absolute atomic E-state index is 0.0379. The summed E-state index contributed by atoms with van der Waals surface area (Å²) in [6.45, 7) is 0.591. The molecule has 0 unspecified atom stereocenters. The first kappa shape index (κ1) is 37.4. The normalized spacial score (nSPS) is 16.9. The van der Waals surface area contributed by atoms with Crippen molar-refractivity contribution in [3.8, 4) is 11.6 Å². The summed E-state index contributed by atoms with van der Waals surface area (Å²) < 4.78 is 50.7. The van der Waals surface area contributed by atoms with Gasteiger partial charge in [-0.2, -0.15) is 5.10 Å². The van der Waals surface area contributed by atoms with Gasteiger partial charge in [-0.1, -0.05) is 6.07 Å². The number of hydroxylamine groups is 2. The predicted molar refractivity (Wildman–Crippen MR) is 163 cm³/mol. The highest BCUT2D eigenvalue weighted by molar-refractivity contribution is 5.97. The van der Waals surface area contributed by atoms with Crippen LogP contribution in [-0.4, -0.2) is 136 Å². The number of likely N-dealkylation sites (tertiary alicyclic amines) is 1. The number of aliphatic carboxylic acids is 1. The third-order valence-corrected chi connectivity index (χ3v) is 7.61. The van der Waals surface area contributed by atoms with E-state index < -0.39 is 79.7 Å². The van der Waals surface area contributed by atoms with Crippen molar-refractivity contribution in [1.82, 2.24) is 35.3 Å². The highest BCUT2D eigenvalue weighted by atomic mass is 19.3. The van der Waals surface area contributed by atoms with E-state index in [9.17, 15) is 47.0 Å². The smallest absolute Gasteiger partial charge is 0.481 e. The van der Waals surface area contributed by atoms with Crippen molar-refractivity contribution in [2.24, 2.45) is 0 Å². The van der Waals surface area contributed by atoms with Crippen LogP contribution in [0, 0.1) is 5.82 Å². The zero-order valence-corrected chi connectivity index (χ0v) is 26.9. The SMILES string of the molecule is CCOC(=O)ON1CCN(C(=O)[C@H](CC(=O)O)NC(=O)c2cc(OCC(=O)N3CCC[C@H]3C(=O)NCC(F)F)n(-c3cccc(F)c3)n2)CC1. The molecule has 2 fully saturated rings. The number of ether oxygens (including phenoxy) is 2. The maximum atomic E-state index is 14.1. The van der Waals surface area contributed by atoms with Crippen LogP contribution in [0.2, 0.25) is 0 Å². The molecule has 20 heteroatoms. The van der Waals surface area contributed by atoms with Gasteiger partial charge in [0.15, 0.2) is 12.3 Å². The van der Waals surface area contributed by atoms with Crippen molar-refractivity contribution in [1.29, 1.82) is 0 Å². The van der Waals surface area contributed by atoms with E-state index in [1.54, 1.807) is 6.92 Å². The van der Waals surface area contributed by atoms with Gasteiger partial charge in [-0.15, -0.1) is 5.06 Å². The highest BCUT2D eigenvalue weighted by Crippen LogP contribution is 2.23. The Labute approximate surface area is 283 Å². The Balaban J connectivity index is 1.47. The number of hydrogen-bond acceptors (Lipinski definition) is 11. The minimum Gasteiger partial charge on any atom is -0.481 e. The van der Waals surface area contributed by atoms with Gasteiger partial charge in [0.1, 0.15) is 17.9 Å². The van der Waals surface area contributed by atoms with Crippen LogP contribution in [0.1, 0.15) is 36.7 Å². The lowest BCUT2D eigenvalue weighted by Gasteiger charge is -2.34. The molecule has 0 radical (unpaired) electrons. The summed E-state index contributed by atoms with van der Waals surface area (Å²) in [7, 11) is 0. The number of aromatic nitrogens is 2. The van der Waals surface area contributed by atoms with Crippen molar-refractivity contribution < 1.29 is 61.4 Å². The van der Waals surface area contributed by atoms with Crippen LogP contribution < -0.4 is 15.4 Å². The second-order valence-corrected chi connectivity index (χ2v) is 11.1. The van der Waals surface area contributed by atoms with Crippen LogP contribution in [0.3, 0.4) is 0 Å². The summed E-state index contributed by atoms with van der Waals surface area (Å²) in [6, 6.07) is 3.57. The molecular weight excluding hydrogens is 675 g/mol. The number of nitrogens with zero attached hydrogens (tertiary/aromatic N) is 5. The number of carbonyl (C=O) groups is 6. The fourth-order valence-corrected chi connectivity index (χ4v) is 5.30. The van der Waals surface area contributed by atoms with Crippen LogP contribution in [0.5, 0.6) is 5.88 Å². The summed E-state index contributed by atoms with van der Waals surface area (Å²) in [5.74, 6) is -5.39. The fourth-order valence-electron chi connectivity index (χ4n) is 5.30. The molecule has 2 atom stereocenters. The maximum absolute atomic E-state index is 14.1. The highest BCUT2D eigenvalue weighted by Gasteiger charge is 2.35. The third kappa shape index (κ3) is 10.1. The lowest BCUT2D eigenvalue weighted by molar-refractivity contribution is -0.158. The van der Waals surface area contributed by atoms with Gasteiger partial charge in [-0.05, 0) is 38.0 Å². The zero-order chi connectivity index (χ0) is 36.4. The molecule has 1 aromatic carbocycles. The zero-order valence-electron chi connectivity index (χ0n) is 26.9. The van der Waals surface area contributed by atoms with Crippen LogP contribution in [0.4, 0.5) is 18.0 Å². The van der Waals surface area contributed by atoms with Gasteiger partial charge >= 0.3 is 12.1 Å². The van der Waals surface area contributed by atoms with E-state index in [1.165, 1.54) is 27.0 Å². The summed E-state index contributed by atoms with van der Waals surface area (Å²) >= 11 is 0. The molecule has 3 N–H and O–H groups in total. The molecule has 0 aliphatic carbocycles. The van der Waals surface area contributed by atoms with Crippen molar-refractivity contribution in [2.75, 3.05) is 52.5 Å². The van der Waals surface area contributed by atoms with Crippen molar-refractivity contribution in [3.63, 3.8) is 0 Å². The average Bonchev–Trinajstić information content (AvgIpc) is 3.74. The number of carbonyl (C=O) groups excluding carboxylic acids is 5. The van der Waals surface area contributed by atoms with Gasteiger partial charge in [-0.3, -0.25) is 24.0 Å². The Kier molecular flexibility index (Phi) is 13.0. The van der Waals surface area contributed by atoms with Crippen molar-refractivity contribution in [2.45, 2.75) is 44.7 Å². The number of carboxylic acid groups (broad SMARTS) is 1. The summed E-state index contributed by atoms with van der Waals surface area (Å²) in [6.07, 6.45) is -3.77. The van der Waals surface area contributed by atoms with Gasteiger partial charge in [0.25, 0.3) is 18.2 Å². The molecule has 272 valence electrons. The van der Waals surface area contributed by atoms with Crippen molar-refractivity contribution in [3.05, 3.63) is 41.8 Å². The molecule has 2 aliphatic heterocycles. The molecule has 0 bridgehead atoms. The van der Waals surface area contributed by atoms with Crippen LogP contribution in [-0.2, 0) is 28.8 Å². The van der Waals surface area contributed by atoms with E-state index >= 15 is 0 Å². The molecule has 2 aromatic rings. The van der Waals surface area contributed by atoms with Gasteiger partial charge in [0.05, 0.1) is 38.3 Å². The second-order valence-electron chi connectivity index (χ2n) is 11.1. The molecule has 0 saturated carbocycles. The Morgan fingerprint density at radius 3 is 2.46 bits per heavy atom. The molecule has 2 saturated heterocycles. The largest absolute Gasteiger partial charge is 0.527 e. The number of benzene rings is 1. The molecule has 2 aliphatic rings. The molecule has 4 amide bonds. The van der Waals surface area contributed by atoms with E-state index in [2.05, 4.69) is 15.7 Å². The Morgan fingerprint density at radius 2 is 1.80 bits per heavy atom.